The van der Waals surface area contributed by atoms with Gasteiger partial charge in [-0.2, -0.15) is 5.10 Å². The third kappa shape index (κ3) is 2.78. The number of thiophene rings is 1. The SMILES string of the molecule is CCc1n[nH]c(CS(=O)(=O)C(C)c2cccs2)n1. The molecule has 2 rings (SSSR count). The molecule has 1 unspecified atom stereocenters. The van der Waals surface area contributed by atoms with Gasteiger partial charge in [-0.15, -0.1) is 11.3 Å². The largest absolute Gasteiger partial charge is 0.262 e. The zero-order valence-electron chi connectivity index (χ0n) is 10.3. The molecular formula is C11H15N3O2S2. The summed E-state index contributed by atoms with van der Waals surface area (Å²) in [5.41, 5.74) is 0. The first kappa shape index (κ1) is 13.2. The second-order valence-corrected chi connectivity index (χ2v) is 7.32. The smallest absolute Gasteiger partial charge is 0.165 e. The fourth-order valence-electron chi connectivity index (χ4n) is 1.57. The van der Waals surface area contributed by atoms with Gasteiger partial charge in [-0.1, -0.05) is 13.0 Å². The van der Waals surface area contributed by atoms with E-state index in [9.17, 15) is 8.42 Å². The van der Waals surface area contributed by atoms with Crippen LogP contribution in [-0.2, 0) is 22.0 Å². The van der Waals surface area contributed by atoms with E-state index >= 15 is 0 Å². The lowest BCUT2D eigenvalue weighted by Gasteiger charge is -2.09. The molecule has 2 aromatic heterocycles. The maximum absolute atomic E-state index is 12.2. The van der Waals surface area contributed by atoms with Crippen molar-refractivity contribution in [2.45, 2.75) is 31.3 Å². The molecule has 0 spiro atoms. The highest BCUT2D eigenvalue weighted by atomic mass is 32.2. The van der Waals surface area contributed by atoms with E-state index in [4.69, 9.17) is 0 Å². The zero-order chi connectivity index (χ0) is 13.2. The lowest BCUT2D eigenvalue weighted by atomic mass is 10.4. The first-order valence-corrected chi connectivity index (χ1v) is 8.27. The fraction of sp³-hybridized carbons (Fsp3) is 0.455. The molecule has 0 bridgehead atoms. The summed E-state index contributed by atoms with van der Waals surface area (Å²) in [7, 11) is -3.25. The zero-order valence-corrected chi connectivity index (χ0v) is 11.9. The molecule has 0 fully saturated rings. The second kappa shape index (κ2) is 5.19. The molecule has 98 valence electrons. The summed E-state index contributed by atoms with van der Waals surface area (Å²) in [4.78, 5) is 4.99. The van der Waals surface area contributed by atoms with Crippen molar-refractivity contribution in [3.8, 4) is 0 Å². The first-order valence-electron chi connectivity index (χ1n) is 5.68. The molecule has 0 amide bonds. The number of aromatic amines is 1. The van der Waals surface area contributed by atoms with Gasteiger partial charge in [0.15, 0.2) is 9.84 Å². The minimum Gasteiger partial charge on any atom is -0.262 e. The van der Waals surface area contributed by atoms with E-state index in [-0.39, 0.29) is 5.75 Å². The molecule has 0 aliphatic rings. The Morgan fingerprint density at radius 3 is 2.83 bits per heavy atom. The predicted octanol–water partition coefficient (Wildman–Crippen LogP) is 2.10. The molecule has 0 aromatic carbocycles. The molecule has 0 saturated heterocycles. The molecule has 1 atom stereocenters. The van der Waals surface area contributed by atoms with E-state index < -0.39 is 15.1 Å². The van der Waals surface area contributed by atoms with Crippen LogP contribution in [0.25, 0.3) is 0 Å². The average Bonchev–Trinajstić information content (AvgIpc) is 2.97. The van der Waals surface area contributed by atoms with Crippen LogP contribution in [0.2, 0.25) is 0 Å². The summed E-state index contributed by atoms with van der Waals surface area (Å²) >= 11 is 1.45. The van der Waals surface area contributed by atoms with Crippen LogP contribution in [-0.4, -0.2) is 23.6 Å². The van der Waals surface area contributed by atoms with Gasteiger partial charge in [-0.05, 0) is 18.4 Å². The van der Waals surface area contributed by atoms with Crippen LogP contribution >= 0.6 is 11.3 Å². The molecule has 0 radical (unpaired) electrons. The quantitative estimate of drug-likeness (QED) is 0.912. The van der Waals surface area contributed by atoms with E-state index in [0.717, 1.165) is 4.88 Å². The predicted molar refractivity (Wildman–Crippen MR) is 71.1 cm³/mol. The average molecular weight is 285 g/mol. The number of aryl methyl sites for hydroxylation is 1. The summed E-state index contributed by atoms with van der Waals surface area (Å²) in [6.45, 7) is 3.63. The molecule has 0 aliphatic carbocycles. The molecular weight excluding hydrogens is 270 g/mol. The third-order valence-electron chi connectivity index (χ3n) is 2.71. The molecule has 1 N–H and O–H groups in total. The van der Waals surface area contributed by atoms with Crippen molar-refractivity contribution in [1.82, 2.24) is 15.2 Å². The molecule has 5 nitrogen and oxygen atoms in total. The van der Waals surface area contributed by atoms with Crippen molar-refractivity contribution in [1.29, 1.82) is 0 Å². The van der Waals surface area contributed by atoms with Gasteiger partial charge in [0, 0.05) is 11.3 Å². The van der Waals surface area contributed by atoms with Gasteiger partial charge in [-0.25, -0.2) is 13.4 Å². The molecule has 0 aliphatic heterocycles. The van der Waals surface area contributed by atoms with Crippen LogP contribution in [0.5, 0.6) is 0 Å². The number of aromatic nitrogens is 3. The monoisotopic (exact) mass is 285 g/mol. The van der Waals surface area contributed by atoms with Gasteiger partial charge in [-0.3, -0.25) is 5.10 Å². The third-order valence-corrected chi connectivity index (χ3v) is 5.93. The van der Waals surface area contributed by atoms with Crippen molar-refractivity contribution in [3.05, 3.63) is 34.0 Å². The topological polar surface area (TPSA) is 75.7 Å². The molecule has 2 aromatic rings. The van der Waals surface area contributed by atoms with Crippen LogP contribution in [0.15, 0.2) is 17.5 Å². The Hall–Kier alpha value is -1.21. The van der Waals surface area contributed by atoms with E-state index in [1.54, 1.807) is 6.92 Å². The summed E-state index contributed by atoms with van der Waals surface area (Å²) < 4.78 is 24.4. The van der Waals surface area contributed by atoms with Gasteiger partial charge in [0.25, 0.3) is 0 Å². The number of H-pyrrole nitrogens is 1. The molecule has 7 heteroatoms. The van der Waals surface area contributed by atoms with Crippen molar-refractivity contribution in [2.24, 2.45) is 0 Å². The minimum absolute atomic E-state index is 0.0981. The van der Waals surface area contributed by atoms with Crippen LogP contribution in [0, 0.1) is 0 Å². The van der Waals surface area contributed by atoms with E-state index in [2.05, 4.69) is 15.2 Å². The highest BCUT2D eigenvalue weighted by Gasteiger charge is 2.25. The summed E-state index contributed by atoms with van der Waals surface area (Å²) in [6.07, 6.45) is 0.691. The Labute approximate surface area is 110 Å². The van der Waals surface area contributed by atoms with Crippen molar-refractivity contribution < 1.29 is 8.42 Å². The van der Waals surface area contributed by atoms with Gasteiger partial charge >= 0.3 is 0 Å². The highest BCUT2D eigenvalue weighted by Crippen LogP contribution is 2.27. The van der Waals surface area contributed by atoms with Crippen LogP contribution in [0.4, 0.5) is 0 Å². The minimum atomic E-state index is -3.25. The first-order chi connectivity index (χ1) is 8.53. The lowest BCUT2D eigenvalue weighted by Crippen LogP contribution is -2.12. The molecule has 2 heterocycles. The van der Waals surface area contributed by atoms with Crippen LogP contribution < -0.4 is 0 Å². The van der Waals surface area contributed by atoms with E-state index in [1.807, 2.05) is 24.4 Å². The fourth-order valence-corrected chi connectivity index (χ4v) is 4.03. The van der Waals surface area contributed by atoms with E-state index in [0.29, 0.717) is 18.1 Å². The van der Waals surface area contributed by atoms with Gasteiger partial charge in [0.1, 0.15) is 17.4 Å². The maximum atomic E-state index is 12.2. The number of hydrogen-bond acceptors (Lipinski definition) is 5. The van der Waals surface area contributed by atoms with Crippen molar-refractivity contribution in [2.75, 3.05) is 0 Å². The Kier molecular flexibility index (Phi) is 3.82. The van der Waals surface area contributed by atoms with E-state index in [1.165, 1.54) is 11.3 Å². The van der Waals surface area contributed by atoms with Crippen molar-refractivity contribution in [3.63, 3.8) is 0 Å². The van der Waals surface area contributed by atoms with Gasteiger partial charge in [0.05, 0.1) is 5.25 Å². The normalized spacial score (nSPS) is 13.7. The Balaban J connectivity index is 2.16. The van der Waals surface area contributed by atoms with Gasteiger partial charge in [0.2, 0.25) is 0 Å². The Morgan fingerprint density at radius 2 is 2.28 bits per heavy atom. The molecule has 0 saturated carbocycles. The lowest BCUT2D eigenvalue weighted by molar-refractivity contribution is 0.584. The standard InChI is InChI=1S/C11H15N3O2S2/c1-3-10-12-11(14-13-10)7-18(15,16)8(2)9-5-4-6-17-9/h4-6,8H,3,7H2,1-2H3,(H,12,13,14). The van der Waals surface area contributed by atoms with Gasteiger partial charge < -0.3 is 0 Å². The number of sulfone groups is 1. The summed E-state index contributed by atoms with van der Waals surface area (Å²) in [5, 5.41) is 7.99. The highest BCUT2D eigenvalue weighted by molar-refractivity contribution is 7.91. The Bertz CT molecular complexity index is 602. The van der Waals surface area contributed by atoms with Crippen LogP contribution in [0.1, 0.15) is 35.6 Å². The number of nitrogens with zero attached hydrogens (tertiary/aromatic N) is 2. The molecule has 18 heavy (non-hydrogen) atoms. The Morgan fingerprint density at radius 1 is 1.50 bits per heavy atom. The van der Waals surface area contributed by atoms with Crippen LogP contribution in [0.3, 0.4) is 0 Å². The van der Waals surface area contributed by atoms with Crippen molar-refractivity contribution >= 4 is 21.2 Å². The summed E-state index contributed by atoms with van der Waals surface area (Å²) in [6, 6.07) is 3.69. The maximum Gasteiger partial charge on any atom is 0.165 e. The number of rotatable bonds is 5. The second-order valence-electron chi connectivity index (χ2n) is 4.02. The number of hydrogen-bond donors (Lipinski definition) is 1. The summed E-state index contributed by atoms with van der Waals surface area (Å²) in [5.74, 6) is 0.957. The number of nitrogens with one attached hydrogen (secondary N) is 1.